The van der Waals surface area contributed by atoms with Crippen LogP contribution in [0.2, 0.25) is 0 Å². The number of ether oxygens (including phenoxy) is 2. The molecule has 1 aromatic carbocycles. The maximum absolute atomic E-state index is 10.5. The lowest BCUT2D eigenvalue weighted by Crippen LogP contribution is -1.97. The van der Waals surface area contributed by atoms with Crippen molar-refractivity contribution in [2.75, 3.05) is 7.11 Å². The van der Waals surface area contributed by atoms with Crippen LogP contribution in [-0.4, -0.2) is 18.2 Å². The number of aliphatic carboxylic acids is 1. The molecule has 2 aromatic rings. The largest absolute Gasteiger partial charge is 0.496 e. The maximum Gasteiger partial charge on any atom is 0.328 e. The quantitative estimate of drug-likeness (QED) is 0.793. The Morgan fingerprint density at radius 3 is 2.86 bits per heavy atom. The summed E-state index contributed by atoms with van der Waals surface area (Å²) in [5, 5.41) is 8.65. The summed E-state index contributed by atoms with van der Waals surface area (Å²) in [4.78, 5) is 10.5. The number of methoxy groups -OCH3 is 1. The molecule has 1 heterocycles. The monoisotopic (exact) mass is 288 g/mol. The Morgan fingerprint density at radius 1 is 1.33 bits per heavy atom. The summed E-state index contributed by atoms with van der Waals surface area (Å²) in [7, 11) is 1.58. The molecule has 21 heavy (non-hydrogen) atoms. The van der Waals surface area contributed by atoms with E-state index in [9.17, 15) is 4.79 Å². The van der Waals surface area contributed by atoms with Crippen LogP contribution in [0, 0.1) is 0 Å². The van der Waals surface area contributed by atoms with Gasteiger partial charge in [0.05, 0.1) is 20.0 Å². The van der Waals surface area contributed by atoms with E-state index in [-0.39, 0.29) is 0 Å². The first-order valence-corrected chi connectivity index (χ1v) is 6.37. The van der Waals surface area contributed by atoms with E-state index in [2.05, 4.69) is 0 Å². The Kier molecular flexibility index (Phi) is 5.17. The zero-order chi connectivity index (χ0) is 15.1. The minimum atomic E-state index is -0.985. The van der Waals surface area contributed by atoms with Crippen molar-refractivity contribution in [2.45, 2.75) is 13.2 Å². The Balaban J connectivity index is 2.04. The fraction of sp³-hybridized carbons (Fsp3) is 0.188. The molecule has 1 aromatic heterocycles. The predicted molar refractivity (Wildman–Crippen MR) is 76.9 cm³/mol. The van der Waals surface area contributed by atoms with Crippen LogP contribution in [0.1, 0.15) is 16.9 Å². The van der Waals surface area contributed by atoms with Crippen LogP contribution in [0.4, 0.5) is 0 Å². The van der Waals surface area contributed by atoms with Gasteiger partial charge in [-0.25, -0.2) is 4.79 Å². The van der Waals surface area contributed by atoms with Crippen molar-refractivity contribution in [1.29, 1.82) is 0 Å². The molecule has 0 radical (unpaired) electrons. The van der Waals surface area contributed by atoms with Gasteiger partial charge in [-0.15, -0.1) is 0 Å². The molecule has 0 spiro atoms. The molecule has 0 amide bonds. The minimum absolute atomic E-state index is 0.346. The molecule has 0 aliphatic heterocycles. The molecule has 0 atom stereocenters. The third kappa shape index (κ3) is 4.50. The Morgan fingerprint density at radius 2 is 2.19 bits per heavy atom. The molecule has 0 bridgehead atoms. The number of carbonyl (C=O) groups is 1. The summed E-state index contributed by atoms with van der Waals surface area (Å²) >= 11 is 0. The molecule has 110 valence electrons. The van der Waals surface area contributed by atoms with Gasteiger partial charge < -0.3 is 19.0 Å². The van der Waals surface area contributed by atoms with Crippen molar-refractivity contribution in [3.63, 3.8) is 0 Å². The Hall–Kier alpha value is -2.53. The zero-order valence-electron chi connectivity index (χ0n) is 11.6. The summed E-state index contributed by atoms with van der Waals surface area (Å²) in [5.74, 6) is 0.458. The first-order valence-electron chi connectivity index (χ1n) is 6.37. The van der Waals surface area contributed by atoms with E-state index >= 15 is 0 Å². The van der Waals surface area contributed by atoms with Gasteiger partial charge in [0.25, 0.3) is 0 Å². The average molecular weight is 288 g/mol. The molecular weight excluding hydrogens is 272 g/mol. The van der Waals surface area contributed by atoms with Crippen LogP contribution in [0.25, 0.3) is 6.08 Å². The van der Waals surface area contributed by atoms with Gasteiger partial charge in [-0.2, -0.15) is 0 Å². The summed E-state index contributed by atoms with van der Waals surface area (Å²) < 4.78 is 16.0. The third-order valence-corrected chi connectivity index (χ3v) is 2.80. The van der Waals surface area contributed by atoms with Gasteiger partial charge in [-0.3, -0.25) is 0 Å². The first kappa shape index (κ1) is 14.9. The van der Waals surface area contributed by atoms with Gasteiger partial charge in [-0.1, -0.05) is 6.07 Å². The van der Waals surface area contributed by atoms with E-state index in [4.69, 9.17) is 19.0 Å². The van der Waals surface area contributed by atoms with E-state index in [0.29, 0.717) is 19.0 Å². The number of carboxylic acid groups (broad SMARTS) is 1. The average Bonchev–Trinajstić information content (AvgIpc) is 2.98. The third-order valence-electron chi connectivity index (χ3n) is 2.80. The maximum atomic E-state index is 10.5. The van der Waals surface area contributed by atoms with Gasteiger partial charge >= 0.3 is 5.97 Å². The molecule has 2 rings (SSSR count). The highest BCUT2D eigenvalue weighted by molar-refractivity contribution is 5.85. The molecule has 5 nitrogen and oxygen atoms in total. The Labute approximate surface area is 122 Å². The summed E-state index contributed by atoms with van der Waals surface area (Å²) in [6.45, 7) is 0.712. The highest BCUT2D eigenvalue weighted by Crippen LogP contribution is 2.22. The highest BCUT2D eigenvalue weighted by Gasteiger charge is 2.05. The van der Waals surface area contributed by atoms with Gasteiger partial charge in [-0.05, 0) is 35.9 Å². The SMILES string of the molecule is COc1ccc(C=CC(=O)O)cc1COCc1ccco1. The number of carboxylic acids is 1. The van der Waals surface area contributed by atoms with Crippen LogP contribution >= 0.6 is 0 Å². The molecule has 0 fully saturated rings. The molecule has 5 heteroatoms. The topological polar surface area (TPSA) is 68.9 Å². The molecule has 0 aliphatic carbocycles. The summed E-state index contributed by atoms with van der Waals surface area (Å²) in [5.41, 5.74) is 1.62. The van der Waals surface area contributed by atoms with Crippen molar-refractivity contribution >= 4 is 12.0 Å². The fourth-order valence-electron chi connectivity index (χ4n) is 1.84. The van der Waals surface area contributed by atoms with E-state index < -0.39 is 5.97 Å². The van der Waals surface area contributed by atoms with Crippen LogP contribution in [0.5, 0.6) is 5.75 Å². The van der Waals surface area contributed by atoms with Crippen molar-refractivity contribution in [3.05, 3.63) is 59.6 Å². The van der Waals surface area contributed by atoms with E-state index in [1.54, 1.807) is 31.6 Å². The van der Waals surface area contributed by atoms with Gasteiger partial charge in [0.15, 0.2) is 0 Å². The molecule has 1 N–H and O–H groups in total. The van der Waals surface area contributed by atoms with Crippen LogP contribution < -0.4 is 4.74 Å². The van der Waals surface area contributed by atoms with Crippen molar-refractivity contribution in [3.8, 4) is 5.75 Å². The number of hydrogen-bond acceptors (Lipinski definition) is 4. The molecular formula is C16H16O5. The smallest absolute Gasteiger partial charge is 0.328 e. The van der Waals surface area contributed by atoms with Crippen LogP contribution in [-0.2, 0) is 22.7 Å². The summed E-state index contributed by atoms with van der Waals surface area (Å²) in [6.07, 6.45) is 4.21. The molecule has 0 saturated carbocycles. The number of hydrogen-bond donors (Lipinski definition) is 1. The van der Waals surface area contributed by atoms with E-state index in [1.165, 1.54) is 6.08 Å². The van der Waals surface area contributed by atoms with Crippen LogP contribution in [0.3, 0.4) is 0 Å². The molecule has 0 saturated heterocycles. The normalized spacial score (nSPS) is 10.9. The molecule has 0 aliphatic rings. The fourth-order valence-corrected chi connectivity index (χ4v) is 1.84. The number of benzene rings is 1. The second-order valence-electron chi connectivity index (χ2n) is 4.32. The summed E-state index contributed by atoms with van der Waals surface area (Å²) in [6, 6.07) is 9.04. The van der Waals surface area contributed by atoms with E-state index in [0.717, 1.165) is 23.0 Å². The van der Waals surface area contributed by atoms with E-state index in [1.807, 2.05) is 12.1 Å². The second kappa shape index (κ2) is 7.31. The van der Waals surface area contributed by atoms with Gasteiger partial charge in [0.2, 0.25) is 0 Å². The lowest BCUT2D eigenvalue weighted by Gasteiger charge is -2.09. The standard InChI is InChI=1S/C16H16O5/c1-19-15-6-4-12(5-7-16(17)18)9-13(15)10-20-11-14-3-2-8-21-14/h2-9H,10-11H2,1H3,(H,17,18). The Bertz CT molecular complexity index is 614. The second-order valence-corrected chi connectivity index (χ2v) is 4.32. The minimum Gasteiger partial charge on any atom is -0.496 e. The van der Waals surface area contributed by atoms with Crippen molar-refractivity contribution in [1.82, 2.24) is 0 Å². The van der Waals surface area contributed by atoms with Gasteiger partial charge in [0, 0.05) is 11.6 Å². The lowest BCUT2D eigenvalue weighted by atomic mass is 10.1. The van der Waals surface area contributed by atoms with Crippen molar-refractivity contribution in [2.24, 2.45) is 0 Å². The first-order chi connectivity index (χ1) is 10.2. The molecule has 0 unspecified atom stereocenters. The van der Waals surface area contributed by atoms with Crippen LogP contribution in [0.15, 0.2) is 47.1 Å². The number of furan rings is 1. The van der Waals surface area contributed by atoms with Crippen molar-refractivity contribution < 1.29 is 23.8 Å². The number of rotatable bonds is 7. The predicted octanol–water partition coefficient (Wildman–Crippen LogP) is 3.10. The lowest BCUT2D eigenvalue weighted by molar-refractivity contribution is -0.131. The van der Waals surface area contributed by atoms with Gasteiger partial charge in [0.1, 0.15) is 18.1 Å². The highest BCUT2D eigenvalue weighted by atomic mass is 16.5. The zero-order valence-corrected chi connectivity index (χ0v) is 11.6.